The van der Waals surface area contributed by atoms with E-state index < -0.39 is 0 Å². The predicted molar refractivity (Wildman–Crippen MR) is 106 cm³/mol. The number of nitrogens with one attached hydrogen (secondary N) is 2. The van der Waals surface area contributed by atoms with Crippen molar-refractivity contribution in [2.45, 2.75) is 25.9 Å². The molecule has 1 aromatic rings. The Bertz CT molecular complexity index is 533. The van der Waals surface area contributed by atoms with Crippen LogP contribution < -0.4 is 10.6 Å². The summed E-state index contributed by atoms with van der Waals surface area (Å²) in [6.07, 6.45) is 0. The van der Waals surface area contributed by atoms with Gasteiger partial charge in [-0.05, 0) is 19.9 Å². The Morgan fingerprint density at radius 1 is 1.25 bits per heavy atom. The summed E-state index contributed by atoms with van der Waals surface area (Å²) in [7, 11) is 1.72. The number of guanidine groups is 1. The van der Waals surface area contributed by atoms with Gasteiger partial charge in [0.1, 0.15) is 5.82 Å². The molecule has 1 fully saturated rings. The first-order chi connectivity index (χ1) is 11.0. The molecule has 0 spiro atoms. The molecule has 1 aliphatic heterocycles. The van der Waals surface area contributed by atoms with Crippen LogP contribution in [-0.4, -0.2) is 56.3 Å². The third kappa shape index (κ3) is 6.18. The summed E-state index contributed by atoms with van der Waals surface area (Å²) in [5.41, 5.74) is 0.627. The molecule has 1 heterocycles. The van der Waals surface area contributed by atoms with Gasteiger partial charge < -0.3 is 15.4 Å². The summed E-state index contributed by atoms with van der Waals surface area (Å²) in [5, 5.41) is 6.49. The van der Waals surface area contributed by atoms with Crippen LogP contribution in [0.2, 0.25) is 0 Å². The minimum Gasteiger partial charge on any atom is -0.379 e. The smallest absolute Gasteiger partial charge is 0.191 e. The van der Waals surface area contributed by atoms with E-state index in [1.807, 2.05) is 6.07 Å². The second-order valence-electron chi connectivity index (χ2n) is 6.28. The molecule has 2 N–H and O–H groups in total. The first-order valence-corrected chi connectivity index (χ1v) is 8.03. The minimum absolute atomic E-state index is 0. The van der Waals surface area contributed by atoms with Gasteiger partial charge in [-0.1, -0.05) is 18.2 Å². The number of ether oxygens (including phenoxy) is 1. The highest BCUT2D eigenvalue weighted by Crippen LogP contribution is 2.15. The lowest BCUT2D eigenvalue weighted by Crippen LogP contribution is -2.56. The number of rotatable bonds is 5. The van der Waals surface area contributed by atoms with Crippen molar-refractivity contribution in [3.05, 3.63) is 35.6 Å². The highest BCUT2D eigenvalue weighted by atomic mass is 127. The third-order valence-corrected chi connectivity index (χ3v) is 4.18. The minimum atomic E-state index is -0.205. The van der Waals surface area contributed by atoms with E-state index in [1.165, 1.54) is 6.07 Å². The molecule has 136 valence electrons. The molecule has 1 aliphatic rings. The van der Waals surface area contributed by atoms with Gasteiger partial charge in [0.25, 0.3) is 0 Å². The third-order valence-electron chi connectivity index (χ3n) is 4.18. The lowest BCUT2D eigenvalue weighted by Gasteiger charge is -2.41. The Morgan fingerprint density at radius 3 is 2.54 bits per heavy atom. The normalized spacial score (nSPS) is 16.4. The van der Waals surface area contributed by atoms with Crippen LogP contribution in [0.5, 0.6) is 0 Å². The van der Waals surface area contributed by atoms with Crippen LogP contribution in [0.15, 0.2) is 29.3 Å². The Hall–Kier alpha value is -0.930. The Labute approximate surface area is 161 Å². The number of hydrogen-bond donors (Lipinski definition) is 2. The number of halogens is 2. The fourth-order valence-corrected chi connectivity index (χ4v) is 2.62. The first kappa shape index (κ1) is 21.1. The number of aliphatic imine (C=N–C) groups is 1. The largest absolute Gasteiger partial charge is 0.379 e. The molecule has 1 saturated heterocycles. The van der Waals surface area contributed by atoms with E-state index in [1.54, 1.807) is 19.2 Å². The molecule has 0 radical (unpaired) electrons. The maximum Gasteiger partial charge on any atom is 0.191 e. The highest BCUT2D eigenvalue weighted by Gasteiger charge is 2.28. The fourth-order valence-electron chi connectivity index (χ4n) is 2.62. The van der Waals surface area contributed by atoms with Crippen LogP contribution in [0.4, 0.5) is 4.39 Å². The molecule has 0 bridgehead atoms. The van der Waals surface area contributed by atoms with Crippen molar-refractivity contribution in [3.8, 4) is 0 Å². The summed E-state index contributed by atoms with van der Waals surface area (Å²) < 4.78 is 19.0. The van der Waals surface area contributed by atoms with E-state index >= 15 is 0 Å². The number of morpholine rings is 1. The topological polar surface area (TPSA) is 48.9 Å². The molecule has 0 aromatic heterocycles. The van der Waals surface area contributed by atoms with Crippen LogP contribution in [0.25, 0.3) is 0 Å². The van der Waals surface area contributed by atoms with Gasteiger partial charge in [-0.25, -0.2) is 4.39 Å². The number of benzene rings is 1. The number of nitrogens with zero attached hydrogens (tertiary/aromatic N) is 2. The van der Waals surface area contributed by atoms with Crippen molar-refractivity contribution in [1.29, 1.82) is 0 Å². The van der Waals surface area contributed by atoms with Gasteiger partial charge in [-0.15, -0.1) is 24.0 Å². The van der Waals surface area contributed by atoms with E-state index in [4.69, 9.17) is 4.74 Å². The highest BCUT2D eigenvalue weighted by molar-refractivity contribution is 14.0. The van der Waals surface area contributed by atoms with Crippen molar-refractivity contribution >= 4 is 29.9 Å². The second kappa shape index (κ2) is 10.1. The first-order valence-electron chi connectivity index (χ1n) is 8.03. The van der Waals surface area contributed by atoms with Crippen molar-refractivity contribution in [1.82, 2.24) is 15.5 Å². The van der Waals surface area contributed by atoms with Crippen molar-refractivity contribution < 1.29 is 9.13 Å². The van der Waals surface area contributed by atoms with Gasteiger partial charge in [0.2, 0.25) is 0 Å². The van der Waals surface area contributed by atoms with Crippen LogP contribution >= 0.6 is 24.0 Å². The number of hydrogen-bond acceptors (Lipinski definition) is 3. The van der Waals surface area contributed by atoms with E-state index in [9.17, 15) is 4.39 Å². The SMILES string of the molecule is CN=C(NCc1ccccc1F)NCC(C)(C)N1CCOCC1.I. The van der Waals surface area contributed by atoms with Gasteiger partial charge >= 0.3 is 0 Å². The zero-order valence-electron chi connectivity index (χ0n) is 14.6. The van der Waals surface area contributed by atoms with E-state index in [2.05, 4.69) is 34.4 Å². The molecule has 7 heteroatoms. The maximum atomic E-state index is 13.6. The summed E-state index contributed by atoms with van der Waals surface area (Å²) in [4.78, 5) is 6.62. The average molecular weight is 450 g/mol. The molecule has 0 aliphatic carbocycles. The van der Waals surface area contributed by atoms with Crippen LogP contribution in [0, 0.1) is 5.82 Å². The fraction of sp³-hybridized carbons (Fsp3) is 0.588. The quantitative estimate of drug-likeness (QED) is 0.411. The predicted octanol–water partition coefficient (Wildman–Crippen LogP) is 2.22. The van der Waals surface area contributed by atoms with Gasteiger partial charge in [0.15, 0.2) is 5.96 Å². The molecule has 1 aromatic carbocycles. The molecule has 2 rings (SSSR count). The average Bonchev–Trinajstić information content (AvgIpc) is 2.57. The summed E-state index contributed by atoms with van der Waals surface area (Å²) in [6, 6.07) is 6.76. The van der Waals surface area contributed by atoms with Crippen LogP contribution in [0.1, 0.15) is 19.4 Å². The zero-order valence-corrected chi connectivity index (χ0v) is 17.0. The van der Waals surface area contributed by atoms with Gasteiger partial charge in [-0.3, -0.25) is 9.89 Å². The Morgan fingerprint density at radius 2 is 1.92 bits per heavy atom. The van der Waals surface area contributed by atoms with E-state index in [0.717, 1.165) is 32.8 Å². The standard InChI is InChI=1S/C17H27FN4O.HI/c1-17(2,22-8-10-23-11-9-22)13-21-16(19-3)20-12-14-6-4-5-7-15(14)18;/h4-7H,8-13H2,1-3H3,(H2,19,20,21);1H. The Kier molecular flexibility index (Phi) is 8.93. The van der Waals surface area contributed by atoms with Crippen molar-refractivity contribution in [3.63, 3.8) is 0 Å². The lowest BCUT2D eigenvalue weighted by atomic mass is 10.0. The summed E-state index contributed by atoms with van der Waals surface area (Å²) in [5.74, 6) is 0.471. The maximum absolute atomic E-state index is 13.6. The molecule has 0 amide bonds. The van der Waals surface area contributed by atoms with Gasteiger partial charge in [0, 0.05) is 44.3 Å². The zero-order chi connectivity index (χ0) is 16.7. The summed E-state index contributed by atoms with van der Waals surface area (Å²) >= 11 is 0. The summed E-state index contributed by atoms with van der Waals surface area (Å²) in [6.45, 7) is 9.01. The molecular weight excluding hydrogens is 422 g/mol. The van der Waals surface area contributed by atoms with Crippen molar-refractivity contribution in [2.24, 2.45) is 4.99 Å². The lowest BCUT2D eigenvalue weighted by molar-refractivity contribution is -0.00834. The molecule has 24 heavy (non-hydrogen) atoms. The molecule has 0 saturated carbocycles. The van der Waals surface area contributed by atoms with Crippen molar-refractivity contribution in [2.75, 3.05) is 39.9 Å². The molecular formula is C17H28FIN4O. The van der Waals surface area contributed by atoms with Crippen LogP contribution in [-0.2, 0) is 11.3 Å². The molecule has 0 atom stereocenters. The van der Waals surface area contributed by atoms with Gasteiger partial charge in [0.05, 0.1) is 13.2 Å². The monoisotopic (exact) mass is 450 g/mol. The Balaban J connectivity index is 0.00000288. The second-order valence-corrected chi connectivity index (χ2v) is 6.28. The molecule has 0 unspecified atom stereocenters. The molecule has 5 nitrogen and oxygen atoms in total. The van der Waals surface area contributed by atoms with Crippen LogP contribution in [0.3, 0.4) is 0 Å². The van der Waals surface area contributed by atoms with E-state index in [0.29, 0.717) is 18.1 Å². The van der Waals surface area contributed by atoms with E-state index in [-0.39, 0.29) is 35.3 Å². The van der Waals surface area contributed by atoms with Gasteiger partial charge in [-0.2, -0.15) is 0 Å².